The number of fused-ring (bicyclic) bond motifs is 1. The van der Waals surface area contributed by atoms with E-state index in [1.165, 1.54) is 43.8 Å². The molecule has 206 valence electrons. The molecule has 0 fully saturated rings. The van der Waals surface area contributed by atoms with Crippen LogP contribution in [-0.2, 0) is 32.3 Å². The van der Waals surface area contributed by atoms with E-state index in [-0.39, 0.29) is 30.7 Å². The van der Waals surface area contributed by atoms with Gasteiger partial charge in [0.05, 0.1) is 36.6 Å². The lowest BCUT2D eigenvalue weighted by atomic mass is 10.1. The summed E-state index contributed by atoms with van der Waals surface area (Å²) in [7, 11) is -2.91. The fourth-order valence-electron chi connectivity index (χ4n) is 3.61. The highest BCUT2D eigenvalue weighted by Crippen LogP contribution is 2.30. The van der Waals surface area contributed by atoms with Gasteiger partial charge >= 0.3 is 6.18 Å². The highest BCUT2D eigenvalue weighted by molar-refractivity contribution is 7.89. The van der Waals surface area contributed by atoms with E-state index in [9.17, 15) is 30.8 Å². The van der Waals surface area contributed by atoms with Crippen LogP contribution in [0.25, 0.3) is 22.2 Å². The van der Waals surface area contributed by atoms with Crippen LogP contribution in [0.4, 0.5) is 17.6 Å². The zero-order valence-electron chi connectivity index (χ0n) is 20.4. The number of benzene rings is 2. The lowest BCUT2D eigenvalue weighted by Gasteiger charge is -2.20. The SMILES string of the molecule is COCCN(CC(=O)NCc1cc(-c2ccc(C(F)(F)F)cc2)ncn1)S(=O)(=O)c1cc2cc(F)ccc2o1. The van der Waals surface area contributed by atoms with Crippen LogP contribution < -0.4 is 5.32 Å². The standard InChI is InChI=1S/C25H22F4N4O5S/c1-37-9-8-33(39(35,36)24-11-17-10-19(26)6-7-22(17)38-24)14-23(34)30-13-20-12-21(32-15-31-20)16-2-4-18(5-3-16)25(27,28)29/h2-7,10-12,15H,8-9,13-14H2,1H3,(H,30,34). The summed E-state index contributed by atoms with van der Waals surface area (Å²) in [6, 6.07) is 10.7. The number of furan rings is 1. The third-order valence-electron chi connectivity index (χ3n) is 5.61. The second-order valence-electron chi connectivity index (χ2n) is 8.33. The monoisotopic (exact) mass is 566 g/mol. The normalized spacial score (nSPS) is 12.3. The quantitative estimate of drug-likeness (QED) is 0.289. The summed E-state index contributed by atoms with van der Waals surface area (Å²) < 4.78 is 89.6. The number of aromatic nitrogens is 2. The maximum atomic E-state index is 13.5. The van der Waals surface area contributed by atoms with Crippen molar-refractivity contribution in [2.24, 2.45) is 0 Å². The molecule has 1 amide bonds. The molecule has 0 spiro atoms. The number of alkyl halides is 3. The number of sulfonamides is 1. The number of amides is 1. The van der Waals surface area contributed by atoms with E-state index in [1.807, 2.05) is 0 Å². The molecule has 14 heteroatoms. The van der Waals surface area contributed by atoms with Gasteiger partial charge in [-0.1, -0.05) is 12.1 Å². The summed E-state index contributed by atoms with van der Waals surface area (Å²) in [5.41, 5.74) is 0.474. The van der Waals surface area contributed by atoms with Crippen molar-refractivity contribution < 1.29 is 39.9 Å². The summed E-state index contributed by atoms with van der Waals surface area (Å²) in [4.78, 5) is 20.8. The fourth-order valence-corrected chi connectivity index (χ4v) is 4.94. The van der Waals surface area contributed by atoms with Crippen molar-refractivity contribution in [3.8, 4) is 11.3 Å². The lowest BCUT2D eigenvalue weighted by Crippen LogP contribution is -2.42. The van der Waals surface area contributed by atoms with Gasteiger partial charge in [-0.15, -0.1) is 0 Å². The van der Waals surface area contributed by atoms with E-state index < -0.39 is 45.1 Å². The molecule has 1 N–H and O–H groups in total. The number of carbonyl (C=O) groups is 1. The summed E-state index contributed by atoms with van der Waals surface area (Å²) in [6.45, 7) is -0.849. The molecule has 0 saturated heterocycles. The Labute approximate surface area is 220 Å². The van der Waals surface area contributed by atoms with Crippen molar-refractivity contribution >= 4 is 26.9 Å². The number of hydrogen-bond donors (Lipinski definition) is 1. The van der Waals surface area contributed by atoms with Crippen LogP contribution in [-0.4, -0.2) is 55.4 Å². The predicted octanol–water partition coefficient (Wildman–Crippen LogP) is 4.00. The third-order valence-corrected chi connectivity index (χ3v) is 7.31. The van der Waals surface area contributed by atoms with Gasteiger partial charge in [-0.2, -0.15) is 17.5 Å². The smallest absolute Gasteiger partial charge is 0.416 e. The highest BCUT2D eigenvalue weighted by Gasteiger charge is 2.31. The van der Waals surface area contributed by atoms with Gasteiger partial charge in [-0.3, -0.25) is 4.79 Å². The van der Waals surface area contributed by atoms with Crippen LogP contribution in [0.15, 0.2) is 70.4 Å². The van der Waals surface area contributed by atoms with Crippen molar-refractivity contribution in [3.63, 3.8) is 0 Å². The van der Waals surface area contributed by atoms with Crippen molar-refractivity contribution in [1.82, 2.24) is 19.6 Å². The van der Waals surface area contributed by atoms with E-state index >= 15 is 0 Å². The second-order valence-corrected chi connectivity index (χ2v) is 10.2. The Morgan fingerprint density at radius 1 is 1.08 bits per heavy atom. The molecular weight excluding hydrogens is 544 g/mol. The number of carbonyl (C=O) groups excluding carboxylic acids is 1. The maximum Gasteiger partial charge on any atom is 0.416 e. The van der Waals surface area contributed by atoms with Gasteiger partial charge in [-0.05, 0) is 36.4 Å². The van der Waals surface area contributed by atoms with Gasteiger partial charge in [-0.25, -0.2) is 22.8 Å². The topological polar surface area (TPSA) is 115 Å². The molecule has 4 aromatic rings. The van der Waals surface area contributed by atoms with Gasteiger partial charge in [0.15, 0.2) is 0 Å². The fraction of sp³-hybridized carbons (Fsp3) is 0.240. The minimum absolute atomic E-state index is 0.0102. The molecule has 0 saturated carbocycles. The Kier molecular flexibility index (Phi) is 8.28. The first-order valence-electron chi connectivity index (χ1n) is 11.4. The Morgan fingerprint density at radius 3 is 2.51 bits per heavy atom. The largest absolute Gasteiger partial charge is 0.443 e. The molecule has 0 aliphatic heterocycles. The van der Waals surface area contributed by atoms with Crippen LogP contribution in [0.5, 0.6) is 0 Å². The highest BCUT2D eigenvalue weighted by atomic mass is 32.2. The van der Waals surface area contributed by atoms with Crippen molar-refractivity contribution in [3.05, 3.63) is 78.0 Å². The van der Waals surface area contributed by atoms with Crippen LogP contribution in [0.3, 0.4) is 0 Å². The minimum Gasteiger partial charge on any atom is -0.443 e. The van der Waals surface area contributed by atoms with Gasteiger partial charge in [0.1, 0.15) is 17.7 Å². The summed E-state index contributed by atoms with van der Waals surface area (Å²) in [5, 5.41) is 2.36. The average Bonchev–Trinajstić information content (AvgIpc) is 3.34. The number of rotatable bonds is 10. The van der Waals surface area contributed by atoms with E-state index in [0.717, 1.165) is 28.6 Å². The molecule has 39 heavy (non-hydrogen) atoms. The number of methoxy groups -OCH3 is 1. The summed E-state index contributed by atoms with van der Waals surface area (Å²) in [5.74, 6) is -1.22. The molecule has 0 bridgehead atoms. The second kappa shape index (κ2) is 11.5. The molecule has 0 aliphatic carbocycles. The molecule has 0 radical (unpaired) electrons. The van der Waals surface area contributed by atoms with Crippen LogP contribution in [0, 0.1) is 5.82 Å². The Bertz CT molecular complexity index is 1570. The van der Waals surface area contributed by atoms with E-state index in [1.54, 1.807) is 0 Å². The van der Waals surface area contributed by atoms with E-state index in [2.05, 4.69) is 15.3 Å². The first kappa shape index (κ1) is 28.1. The van der Waals surface area contributed by atoms with Gasteiger partial charge in [0.2, 0.25) is 11.0 Å². The number of ether oxygens (including phenoxy) is 1. The van der Waals surface area contributed by atoms with Gasteiger partial charge in [0.25, 0.3) is 10.0 Å². The first-order chi connectivity index (χ1) is 18.5. The number of nitrogens with one attached hydrogen (secondary N) is 1. The van der Waals surface area contributed by atoms with Gasteiger partial charge < -0.3 is 14.5 Å². The average molecular weight is 567 g/mol. The maximum absolute atomic E-state index is 13.5. The predicted molar refractivity (Wildman–Crippen MR) is 131 cm³/mol. The van der Waals surface area contributed by atoms with Crippen LogP contribution in [0.1, 0.15) is 11.3 Å². The molecule has 4 rings (SSSR count). The number of nitrogens with zero attached hydrogens (tertiary/aromatic N) is 3. The molecule has 0 aliphatic rings. The van der Waals surface area contributed by atoms with Gasteiger partial charge in [0, 0.05) is 30.7 Å². The van der Waals surface area contributed by atoms with E-state index in [0.29, 0.717) is 17.0 Å². The lowest BCUT2D eigenvalue weighted by molar-refractivity contribution is -0.137. The Hall–Kier alpha value is -3.88. The third kappa shape index (κ3) is 6.77. The van der Waals surface area contributed by atoms with Crippen molar-refractivity contribution in [2.45, 2.75) is 17.8 Å². The molecule has 0 unspecified atom stereocenters. The molecule has 2 heterocycles. The number of halogens is 4. The van der Waals surface area contributed by atoms with Crippen LogP contribution in [0.2, 0.25) is 0 Å². The Balaban J connectivity index is 1.45. The molecular formula is C25H22F4N4O5S. The zero-order chi connectivity index (χ0) is 28.2. The summed E-state index contributed by atoms with van der Waals surface area (Å²) >= 11 is 0. The molecule has 0 atom stereocenters. The van der Waals surface area contributed by atoms with E-state index in [4.69, 9.17) is 9.15 Å². The molecule has 9 nitrogen and oxygen atoms in total. The zero-order valence-corrected chi connectivity index (χ0v) is 21.2. The van der Waals surface area contributed by atoms with Crippen LogP contribution >= 0.6 is 0 Å². The Morgan fingerprint density at radius 2 is 1.82 bits per heavy atom. The minimum atomic E-state index is -4.47. The number of hydrogen-bond acceptors (Lipinski definition) is 7. The first-order valence-corrected chi connectivity index (χ1v) is 12.8. The summed E-state index contributed by atoms with van der Waals surface area (Å²) in [6.07, 6.45) is -3.26. The van der Waals surface area contributed by atoms with Crippen molar-refractivity contribution in [1.29, 1.82) is 0 Å². The molecule has 2 aromatic heterocycles. The van der Waals surface area contributed by atoms with Crippen molar-refractivity contribution in [2.75, 3.05) is 26.8 Å². The molecule has 2 aromatic carbocycles.